The summed E-state index contributed by atoms with van der Waals surface area (Å²) < 4.78 is 34.6. The Balaban J connectivity index is 1.47. The van der Waals surface area contributed by atoms with Gasteiger partial charge in [0.25, 0.3) is 0 Å². The molecule has 0 aromatic heterocycles. The molecule has 0 N–H and O–H groups in total. The minimum atomic E-state index is -2.97. The van der Waals surface area contributed by atoms with Crippen molar-refractivity contribution in [3.8, 4) is 0 Å². The molecule has 176 valence electrons. The van der Waals surface area contributed by atoms with E-state index in [-0.39, 0.29) is 41.5 Å². The molecule has 31 heavy (non-hydrogen) atoms. The van der Waals surface area contributed by atoms with Crippen LogP contribution in [0.25, 0.3) is 0 Å². The third-order valence-electron chi connectivity index (χ3n) is 7.98. The van der Waals surface area contributed by atoms with E-state index in [0.717, 1.165) is 44.9 Å². The highest BCUT2D eigenvalue weighted by Crippen LogP contribution is 2.43. The molecule has 8 nitrogen and oxygen atoms in total. The number of carbonyl (C=O) groups excluding carboxylic acids is 2. The first kappa shape index (κ1) is 22.8. The van der Waals surface area contributed by atoms with Crippen molar-refractivity contribution in [3.63, 3.8) is 0 Å². The molecule has 2 aliphatic heterocycles. The van der Waals surface area contributed by atoms with Crippen LogP contribution < -0.4 is 0 Å². The third-order valence-corrected chi connectivity index (χ3v) is 9.66. The van der Waals surface area contributed by atoms with Gasteiger partial charge in [0.2, 0.25) is 5.91 Å². The number of nitrogens with zero attached hydrogens (tertiary/aromatic N) is 2. The fraction of sp³-hybridized carbons (Fsp3) is 0.909. The predicted molar refractivity (Wildman–Crippen MR) is 115 cm³/mol. The summed E-state index contributed by atoms with van der Waals surface area (Å²) in [7, 11) is -2.97. The highest BCUT2D eigenvalue weighted by atomic mass is 32.2. The summed E-state index contributed by atoms with van der Waals surface area (Å²) in [6.45, 7) is 5.01. The van der Waals surface area contributed by atoms with Gasteiger partial charge in [-0.3, -0.25) is 4.79 Å². The highest BCUT2D eigenvalue weighted by Gasteiger charge is 2.48. The van der Waals surface area contributed by atoms with Gasteiger partial charge in [-0.2, -0.15) is 0 Å². The first-order valence-corrected chi connectivity index (χ1v) is 13.6. The lowest BCUT2D eigenvalue weighted by atomic mass is 9.69. The predicted octanol–water partition coefficient (Wildman–Crippen LogP) is 2.22. The summed E-state index contributed by atoms with van der Waals surface area (Å²) in [5.74, 6) is 1.00. The molecule has 2 aliphatic carbocycles. The number of fused-ring (bicyclic) bond motifs is 1. The third kappa shape index (κ3) is 4.72. The number of rotatable bonds is 3. The second kappa shape index (κ2) is 8.89. The summed E-state index contributed by atoms with van der Waals surface area (Å²) >= 11 is 0. The van der Waals surface area contributed by atoms with Crippen molar-refractivity contribution in [1.29, 1.82) is 0 Å². The molecule has 4 aliphatic rings. The fourth-order valence-electron chi connectivity index (χ4n) is 6.32. The molecule has 4 fully saturated rings. The molecule has 4 atom stereocenters. The second-order valence-corrected chi connectivity index (χ2v) is 12.4. The maximum absolute atomic E-state index is 13.0. The first-order chi connectivity index (χ1) is 14.6. The summed E-state index contributed by atoms with van der Waals surface area (Å²) in [5, 5.41) is -0.208. The molecule has 2 amide bonds. The van der Waals surface area contributed by atoms with Gasteiger partial charge >= 0.3 is 6.09 Å². The average Bonchev–Trinajstić information content (AvgIpc) is 2.68. The zero-order valence-corrected chi connectivity index (χ0v) is 19.7. The number of amides is 2. The van der Waals surface area contributed by atoms with Crippen LogP contribution in [-0.2, 0) is 24.1 Å². The Morgan fingerprint density at radius 3 is 2.16 bits per heavy atom. The van der Waals surface area contributed by atoms with Crippen molar-refractivity contribution >= 4 is 21.8 Å². The molecule has 2 heterocycles. The van der Waals surface area contributed by atoms with Crippen LogP contribution in [-0.4, -0.2) is 85.7 Å². The maximum Gasteiger partial charge on any atom is 0.410 e. The summed E-state index contributed by atoms with van der Waals surface area (Å²) in [6, 6.07) is -0.0549. The molecule has 0 radical (unpaired) electrons. The minimum absolute atomic E-state index is 0.0232. The molecule has 4 rings (SSSR count). The van der Waals surface area contributed by atoms with E-state index in [0.29, 0.717) is 31.6 Å². The topological polar surface area (TPSA) is 93.2 Å². The average molecular weight is 457 g/mol. The van der Waals surface area contributed by atoms with Crippen LogP contribution in [0, 0.1) is 11.8 Å². The number of sulfone groups is 1. The number of hydrogen-bond acceptors (Lipinski definition) is 6. The summed E-state index contributed by atoms with van der Waals surface area (Å²) in [5.41, 5.74) is 0. The van der Waals surface area contributed by atoms with Gasteiger partial charge in [-0.1, -0.05) is 0 Å². The number of ether oxygens (including phenoxy) is 2. The van der Waals surface area contributed by atoms with Gasteiger partial charge in [-0.25, -0.2) is 13.2 Å². The van der Waals surface area contributed by atoms with E-state index in [1.807, 2.05) is 16.7 Å². The van der Waals surface area contributed by atoms with Crippen molar-refractivity contribution in [3.05, 3.63) is 0 Å². The minimum Gasteiger partial charge on any atom is -0.441 e. The van der Waals surface area contributed by atoms with Crippen molar-refractivity contribution in [2.75, 3.05) is 26.0 Å². The molecule has 3 unspecified atom stereocenters. The maximum atomic E-state index is 13.0. The monoisotopic (exact) mass is 456 g/mol. The van der Waals surface area contributed by atoms with Crippen molar-refractivity contribution in [2.45, 2.75) is 88.3 Å². The fourth-order valence-corrected chi connectivity index (χ4v) is 7.45. The van der Waals surface area contributed by atoms with E-state index in [2.05, 4.69) is 0 Å². The lowest BCUT2D eigenvalue weighted by Gasteiger charge is -2.54. The van der Waals surface area contributed by atoms with Crippen LogP contribution in [0.1, 0.15) is 58.8 Å². The van der Waals surface area contributed by atoms with Gasteiger partial charge in [-0.15, -0.1) is 0 Å². The molecular formula is C22H36N2O6S. The van der Waals surface area contributed by atoms with Gasteiger partial charge in [0.1, 0.15) is 9.84 Å². The van der Waals surface area contributed by atoms with E-state index in [1.54, 1.807) is 6.92 Å². The normalized spacial score (nSPS) is 37.0. The Bertz CT molecular complexity index is 790. The Hall–Kier alpha value is -1.35. The Morgan fingerprint density at radius 1 is 0.968 bits per heavy atom. The lowest BCUT2D eigenvalue weighted by Crippen LogP contribution is -2.67. The van der Waals surface area contributed by atoms with Gasteiger partial charge < -0.3 is 19.3 Å². The van der Waals surface area contributed by atoms with Gasteiger partial charge in [0.15, 0.2) is 6.10 Å². The van der Waals surface area contributed by atoms with Crippen molar-refractivity contribution < 1.29 is 27.5 Å². The number of hydrogen-bond donors (Lipinski definition) is 0. The molecule has 2 saturated heterocycles. The van der Waals surface area contributed by atoms with Crippen LogP contribution >= 0.6 is 0 Å². The molecule has 0 spiro atoms. The van der Waals surface area contributed by atoms with E-state index >= 15 is 0 Å². The molecular weight excluding hydrogens is 420 g/mol. The SMILES string of the molecule is CC(=O)N1C2CCC(C3CCC(S(C)(=O)=O)CC3)CC2N(C(=O)OC2COC2)C[C@@H]1C. The molecule has 0 aromatic carbocycles. The van der Waals surface area contributed by atoms with Crippen LogP contribution in [0.2, 0.25) is 0 Å². The van der Waals surface area contributed by atoms with E-state index in [1.165, 1.54) is 6.26 Å². The standard InChI is InChI=1S/C22H36N2O6S/c1-14-11-23(22(26)30-18-12-29-13-18)21-10-17(6-9-20(21)24(14)15(2)25)16-4-7-19(8-5-16)31(3,27)28/h14,16-21H,4-13H2,1-3H3/t14-,16?,17?,19?,20?,21?/m0/s1. The molecule has 0 bridgehead atoms. The Labute approximate surface area is 185 Å². The highest BCUT2D eigenvalue weighted by molar-refractivity contribution is 7.91. The van der Waals surface area contributed by atoms with Crippen LogP contribution in [0.15, 0.2) is 0 Å². The summed E-state index contributed by atoms with van der Waals surface area (Å²) in [6.07, 6.45) is 6.96. The second-order valence-electron chi connectivity index (χ2n) is 10.0. The van der Waals surface area contributed by atoms with Gasteiger partial charge in [0.05, 0.1) is 30.5 Å². The zero-order chi connectivity index (χ0) is 22.3. The molecule has 9 heteroatoms. The van der Waals surface area contributed by atoms with Crippen molar-refractivity contribution in [1.82, 2.24) is 9.80 Å². The Kier molecular flexibility index (Phi) is 6.54. The van der Waals surface area contributed by atoms with E-state index in [4.69, 9.17) is 9.47 Å². The smallest absolute Gasteiger partial charge is 0.410 e. The van der Waals surface area contributed by atoms with Gasteiger partial charge in [0, 0.05) is 25.8 Å². The molecule has 2 saturated carbocycles. The summed E-state index contributed by atoms with van der Waals surface area (Å²) in [4.78, 5) is 29.2. The van der Waals surface area contributed by atoms with Crippen LogP contribution in [0.3, 0.4) is 0 Å². The quantitative estimate of drug-likeness (QED) is 0.646. The van der Waals surface area contributed by atoms with E-state index in [9.17, 15) is 18.0 Å². The molecule has 0 aromatic rings. The van der Waals surface area contributed by atoms with Crippen LogP contribution in [0.4, 0.5) is 4.79 Å². The first-order valence-electron chi connectivity index (χ1n) is 11.7. The number of carbonyl (C=O) groups is 2. The largest absolute Gasteiger partial charge is 0.441 e. The van der Waals surface area contributed by atoms with E-state index < -0.39 is 9.84 Å². The van der Waals surface area contributed by atoms with Gasteiger partial charge in [-0.05, 0) is 63.7 Å². The lowest BCUT2D eigenvalue weighted by molar-refractivity contribution is -0.145. The number of piperazine rings is 1. The van der Waals surface area contributed by atoms with Crippen molar-refractivity contribution in [2.24, 2.45) is 11.8 Å². The zero-order valence-electron chi connectivity index (χ0n) is 18.9. The van der Waals surface area contributed by atoms with Crippen LogP contribution in [0.5, 0.6) is 0 Å². The Morgan fingerprint density at radius 2 is 1.61 bits per heavy atom.